The van der Waals surface area contributed by atoms with Crippen molar-refractivity contribution in [3.05, 3.63) is 59.7 Å². The summed E-state index contributed by atoms with van der Waals surface area (Å²) < 4.78 is 0. The predicted molar refractivity (Wildman–Crippen MR) is 99.0 cm³/mol. The molecule has 3 rings (SSSR count). The number of aryl methyl sites for hydroxylation is 1. The molecule has 0 bridgehead atoms. The van der Waals surface area contributed by atoms with Gasteiger partial charge in [0.15, 0.2) is 0 Å². The van der Waals surface area contributed by atoms with Gasteiger partial charge in [-0.15, -0.1) is 0 Å². The van der Waals surface area contributed by atoms with E-state index in [0.29, 0.717) is 6.04 Å². The summed E-state index contributed by atoms with van der Waals surface area (Å²) >= 11 is 0. The second kappa shape index (κ2) is 7.05. The van der Waals surface area contributed by atoms with Crippen LogP contribution in [0.5, 0.6) is 0 Å². The number of benzene rings is 2. The van der Waals surface area contributed by atoms with Crippen LogP contribution in [0.2, 0.25) is 0 Å². The van der Waals surface area contributed by atoms with Gasteiger partial charge < -0.3 is 10.6 Å². The summed E-state index contributed by atoms with van der Waals surface area (Å²) in [5.74, 6) is 0. The van der Waals surface area contributed by atoms with Crippen LogP contribution < -0.4 is 10.6 Å². The fourth-order valence-electron chi connectivity index (χ4n) is 3.37. The van der Waals surface area contributed by atoms with Gasteiger partial charge in [-0.05, 0) is 55.7 Å². The lowest BCUT2D eigenvalue weighted by atomic mass is 10.0. The van der Waals surface area contributed by atoms with Crippen molar-refractivity contribution in [2.75, 3.05) is 36.8 Å². The molecule has 23 heavy (non-hydrogen) atoms. The van der Waals surface area contributed by atoms with E-state index < -0.39 is 0 Å². The van der Waals surface area contributed by atoms with Gasteiger partial charge in [0.05, 0.1) is 0 Å². The van der Waals surface area contributed by atoms with Crippen LogP contribution in [0, 0.1) is 6.92 Å². The fourth-order valence-corrected chi connectivity index (χ4v) is 3.37. The van der Waals surface area contributed by atoms with E-state index in [9.17, 15) is 0 Å². The summed E-state index contributed by atoms with van der Waals surface area (Å²) in [5, 5.41) is 0. The minimum atomic E-state index is 0.568. The van der Waals surface area contributed by atoms with E-state index in [4.69, 9.17) is 5.73 Å². The highest BCUT2D eigenvalue weighted by Crippen LogP contribution is 2.19. The molecule has 2 N–H and O–H groups in total. The van der Waals surface area contributed by atoms with Gasteiger partial charge in [-0.25, -0.2) is 0 Å². The summed E-state index contributed by atoms with van der Waals surface area (Å²) in [6, 6.07) is 17.7. The highest BCUT2D eigenvalue weighted by atomic mass is 15.3. The maximum Gasteiger partial charge on any atom is 0.0369 e. The number of nitrogen functional groups attached to an aromatic ring is 1. The third-order valence-electron chi connectivity index (χ3n) is 4.82. The standard InChI is InChI=1S/C20H27N3/c1-16-4-3-5-20(14-16)23-12-10-22(11-13-23)17(2)15-18-6-8-19(21)9-7-18/h3-9,14,17H,10-13,15,21H2,1-2H3. The first-order valence-electron chi connectivity index (χ1n) is 8.52. The Morgan fingerprint density at radius 2 is 1.70 bits per heavy atom. The summed E-state index contributed by atoms with van der Waals surface area (Å²) in [6.45, 7) is 8.96. The largest absolute Gasteiger partial charge is 0.399 e. The molecular weight excluding hydrogens is 282 g/mol. The van der Waals surface area contributed by atoms with E-state index in [2.05, 4.69) is 60.0 Å². The SMILES string of the molecule is Cc1cccc(N2CCN(C(C)Cc3ccc(N)cc3)CC2)c1. The molecule has 0 radical (unpaired) electrons. The smallest absolute Gasteiger partial charge is 0.0369 e. The van der Waals surface area contributed by atoms with Crippen LogP contribution >= 0.6 is 0 Å². The second-order valence-electron chi connectivity index (χ2n) is 6.66. The monoisotopic (exact) mass is 309 g/mol. The maximum absolute atomic E-state index is 5.77. The fraction of sp³-hybridized carbons (Fsp3) is 0.400. The molecule has 0 spiro atoms. The van der Waals surface area contributed by atoms with Gasteiger partial charge in [0.25, 0.3) is 0 Å². The number of anilines is 2. The van der Waals surface area contributed by atoms with E-state index >= 15 is 0 Å². The van der Waals surface area contributed by atoms with Crippen molar-refractivity contribution >= 4 is 11.4 Å². The highest BCUT2D eigenvalue weighted by Gasteiger charge is 2.21. The molecular formula is C20H27N3. The van der Waals surface area contributed by atoms with Crippen LogP contribution in [-0.2, 0) is 6.42 Å². The van der Waals surface area contributed by atoms with Gasteiger partial charge in [-0.3, -0.25) is 4.90 Å². The van der Waals surface area contributed by atoms with Crippen LogP contribution in [0.4, 0.5) is 11.4 Å². The van der Waals surface area contributed by atoms with Crippen molar-refractivity contribution in [3.63, 3.8) is 0 Å². The molecule has 0 amide bonds. The minimum Gasteiger partial charge on any atom is -0.399 e. The van der Waals surface area contributed by atoms with Crippen LogP contribution in [0.1, 0.15) is 18.1 Å². The number of nitrogens with two attached hydrogens (primary N) is 1. The predicted octanol–water partition coefficient (Wildman–Crippen LogP) is 3.33. The lowest BCUT2D eigenvalue weighted by Gasteiger charge is -2.39. The summed E-state index contributed by atoms with van der Waals surface area (Å²) in [6.07, 6.45) is 1.09. The Balaban J connectivity index is 1.55. The molecule has 1 saturated heterocycles. The van der Waals surface area contributed by atoms with Crippen LogP contribution in [0.3, 0.4) is 0 Å². The Labute approximate surface area is 139 Å². The molecule has 1 atom stereocenters. The number of nitrogens with zero attached hydrogens (tertiary/aromatic N) is 2. The first-order chi connectivity index (χ1) is 11.1. The molecule has 1 aliphatic rings. The Morgan fingerprint density at radius 1 is 1.00 bits per heavy atom. The van der Waals surface area contributed by atoms with Crippen LogP contribution in [0.25, 0.3) is 0 Å². The van der Waals surface area contributed by atoms with E-state index in [0.717, 1.165) is 38.3 Å². The lowest BCUT2D eigenvalue weighted by Crippen LogP contribution is -2.50. The van der Waals surface area contributed by atoms with Crippen molar-refractivity contribution in [1.29, 1.82) is 0 Å². The summed E-state index contributed by atoms with van der Waals surface area (Å²) in [4.78, 5) is 5.10. The average molecular weight is 309 g/mol. The zero-order valence-electron chi connectivity index (χ0n) is 14.2. The van der Waals surface area contributed by atoms with E-state index in [1.54, 1.807) is 0 Å². The van der Waals surface area contributed by atoms with Crippen molar-refractivity contribution in [3.8, 4) is 0 Å². The second-order valence-corrected chi connectivity index (χ2v) is 6.66. The molecule has 1 fully saturated rings. The van der Waals surface area contributed by atoms with Crippen LogP contribution in [0.15, 0.2) is 48.5 Å². The van der Waals surface area contributed by atoms with Crippen molar-refractivity contribution in [2.24, 2.45) is 0 Å². The maximum atomic E-state index is 5.77. The Morgan fingerprint density at radius 3 is 2.35 bits per heavy atom. The molecule has 0 aromatic heterocycles. The normalized spacial score (nSPS) is 17.2. The zero-order valence-corrected chi connectivity index (χ0v) is 14.2. The van der Waals surface area contributed by atoms with Crippen molar-refractivity contribution in [2.45, 2.75) is 26.3 Å². The molecule has 3 nitrogen and oxygen atoms in total. The van der Waals surface area contributed by atoms with Gasteiger partial charge in [0.1, 0.15) is 0 Å². The van der Waals surface area contributed by atoms with Crippen molar-refractivity contribution in [1.82, 2.24) is 4.90 Å². The van der Waals surface area contributed by atoms with Crippen LogP contribution in [-0.4, -0.2) is 37.1 Å². The molecule has 1 heterocycles. The molecule has 0 saturated carbocycles. The van der Waals surface area contributed by atoms with E-state index in [1.807, 2.05) is 12.1 Å². The number of hydrogen-bond donors (Lipinski definition) is 1. The zero-order chi connectivity index (χ0) is 16.2. The number of hydrogen-bond acceptors (Lipinski definition) is 3. The summed E-state index contributed by atoms with van der Waals surface area (Å²) in [5.41, 5.74) is 10.7. The lowest BCUT2D eigenvalue weighted by molar-refractivity contribution is 0.196. The topological polar surface area (TPSA) is 32.5 Å². The molecule has 3 heteroatoms. The quantitative estimate of drug-likeness (QED) is 0.879. The minimum absolute atomic E-state index is 0.568. The van der Waals surface area contributed by atoms with Gasteiger partial charge in [-0.1, -0.05) is 24.3 Å². The van der Waals surface area contributed by atoms with Gasteiger partial charge in [-0.2, -0.15) is 0 Å². The molecule has 2 aromatic rings. The molecule has 1 aliphatic heterocycles. The molecule has 0 aliphatic carbocycles. The Bertz CT molecular complexity index is 628. The van der Waals surface area contributed by atoms with Gasteiger partial charge in [0.2, 0.25) is 0 Å². The van der Waals surface area contributed by atoms with E-state index in [1.165, 1.54) is 16.8 Å². The molecule has 2 aromatic carbocycles. The molecule has 1 unspecified atom stereocenters. The third-order valence-corrected chi connectivity index (χ3v) is 4.82. The van der Waals surface area contributed by atoms with Gasteiger partial charge >= 0.3 is 0 Å². The third kappa shape index (κ3) is 4.05. The Kier molecular flexibility index (Phi) is 4.87. The number of rotatable bonds is 4. The van der Waals surface area contributed by atoms with Crippen molar-refractivity contribution < 1.29 is 0 Å². The first-order valence-corrected chi connectivity index (χ1v) is 8.52. The Hall–Kier alpha value is -2.00. The first kappa shape index (κ1) is 15.9. The highest BCUT2D eigenvalue weighted by molar-refractivity contribution is 5.48. The molecule has 122 valence electrons. The summed E-state index contributed by atoms with van der Waals surface area (Å²) in [7, 11) is 0. The average Bonchev–Trinajstić information content (AvgIpc) is 2.57. The number of piperazine rings is 1. The van der Waals surface area contributed by atoms with Gasteiger partial charge in [0, 0.05) is 43.6 Å². The van der Waals surface area contributed by atoms with E-state index in [-0.39, 0.29) is 0 Å².